The molecule has 5 heteroatoms. The summed E-state index contributed by atoms with van der Waals surface area (Å²) in [6, 6.07) is 6.96. The van der Waals surface area contributed by atoms with E-state index >= 15 is 0 Å². The molecule has 2 fully saturated rings. The fourth-order valence-corrected chi connectivity index (χ4v) is 5.06. The molecule has 4 rings (SSSR count). The highest BCUT2D eigenvalue weighted by Crippen LogP contribution is 2.55. The van der Waals surface area contributed by atoms with Crippen molar-refractivity contribution in [3.05, 3.63) is 41.7 Å². The molecule has 0 amide bonds. The number of fused-ring (bicyclic) bond motifs is 1. The molecule has 0 saturated heterocycles. The molecule has 5 nitrogen and oxygen atoms in total. The summed E-state index contributed by atoms with van der Waals surface area (Å²) in [5.74, 6) is 3.76. The maximum absolute atomic E-state index is 5.54. The number of rotatable bonds is 6. The Bertz CT molecular complexity index is 757. The highest BCUT2D eigenvalue weighted by molar-refractivity contribution is 5.45. The van der Waals surface area contributed by atoms with Crippen LogP contribution in [-0.4, -0.2) is 30.0 Å². The first kappa shape index (κ1) is 17.4. The second kappa shape index (κ2) is 7.31. The number of ether oxygens (including phenoxy) is 2. The van der Waals surface area contributed by atoms with Crippen LogP contribution in [0.25, 0.3) is 0 Å². The van der Waals surface area contributed by atoms with E-state index < -0.39 is 0 Å². The normalized spacial score (nSPS) is 27.5. The third kappa shape index (κ3) is 3.09. The lowest BCUT2D eigenvalue weighted by molar-refractivity contribution is 0.0253. The van der Waals surface area contributed by atoms with Gasteiger partial charge in [-0.25, -0.2) is 0 Å². The first-order chi connectivity index (χ1) is 12.7. The van der Waals surface area contributed by atoms with Gasteiger partial charge in [-0.1, -0.05) is 18.9 Å². The predicted molar refractivity (Wildman–Crippen MR) is 102 cm³/mol. The molecule has 1 heterocycles. The van der Waals surface area contributed by atoms with Gasteiger partial charge in [-0.05, 0) is 42.4 Å². The Balaban J connectivity index is 1.55. The van der Waals surface area contributed by atoms with Crippen LogP contribution in [-0.2, 0) is 13.6 Å². The lowest BCUT2D eigenvalue weighted by atomic mass is 9.53. The predicted octanol–water partition coefficient (Wildman–Crippen LogP) is 3.50. The second-order valence-corrected chi connectivity index (χ2v) is 7.68. The Morgan fingerprint density at radius 1 is 1.12 bits per heavy atom. The molecule has 26 heavy (non-hydrogen) atoms. The standard InChI is InChI=1S/C21H29N3O2/c1-24-13-14(12-23-24)11-22-21-17-7-5-4-6-16(17)20(21)15-8-9-18(25-2)19(10-15)26-3/h8-10,12-13,16-17,20-22H,4-7,11H2,1-3H3/t16-,17-,20+,21+/m1/s1. The van der Waals surface area contributed by atoms with Crippen LogP contribution in [0.1, 0.15) is 42.7 Å². The number of nitrogens with one attached hydrogen (secondary N) is 1. The number of hydrogen-bond donors (Lipinski definition) is 1. The van der Waals surface area contributed by atoms with Gasteiger partial charge in [0.05, 0.1) is 20.4 Å². The second-order valence-electron chi connectivity index (χ2n) is 7.68. The molecule has 140 valence electrons. The molecule has 2 saturated carbocycles. The van der Waals surface area contributed by atoms with Crippen LogP contribution in [0.2, 0.25) is 0 Å². The Morgan fingerprint density at radius 2 is 1.88 bits per heavy atom. The van der Waals surface area contributed by atoms with Gasteiger partial charge in [0.25, 0.3) is 0 Å². The van der Waals surface area contributed by atoms with Gasteiger partial charge in [-0.2, -0.15) is 5.10 Å². The van der Waals surface area contributed by atoms with Crippen molar-refractivity contribution in [2.45, 2.75) is 44.2 Å². The third-order valence-electron chi connectivity index (χ3n) is 6.28. The molecule has 0 unspecified atom stereocenters. The Labute approximate surface area is 155 Å². The van der Waals surface area contributed by atoms with Crippen molar-refractivity contribution in [1.29, 1.82) is 0 Å². The van der Waals surface area contributed by atoms with E-state index in [4.69, 9.17) is 9.47 Å². The minimum atomic E-state index is 0.526. The molecule has 1 aromatic carbocycles. The van der Waals surface area contributed by atoms with E-state index in [0.29, 0.717) is 12.0 Å². The van der Waals surface area contributed by atoms with Crippen molar-refractivity contribution in [2.75, 3.05) is 14.2 Å². The number of nitrogens with zero attached hydrogens (tertiary/aromatic N) is 2. The molecule has 0 aliphatic heterocycles. The molecule has 2 aliphatic rings. The van der Waals surface area contributed by atoms with Crippen LogP contribution in [0.15, 0.2) is 30.6 Å². The molecule has 1 aromatic heterocycles. The lowest BCUT2D eigenvalue weighted by Crippen LogP contribution is -2.57. The van der Waals surface area contributed by atoms with Gasteiger partial charge in [0.1, 0.15) is 0 Å². The number of methoxy groups -OCH3 is 2. The monoisotopic (exact) mass is 355 g/mol. The first-order valence-corrected chi connectivity index (χ1v) is 9.64. The summed E-state index contributed by atoms with van der Waals surface area (Å²) in [5, 5.41) is 8.12. The molecule has 2 aliphatic carbocycles. The van der Waals surface area contributed by atoms with E-state index in [1.807, 2.05) is 24.0 Å². The van der Waals surface area contributed by atoms with Gasteiger partial charge >= 0.3 is 0 Å². The zero-order valence-corrected chi connectivity index (χ0v) is 15.9. The third-order valence-corrected chi connectivity index (χ3v) is 6.28. The Morgan fingerprint density at radius 3 is 2.58 bits per heavy atom. The fraction of sp³-hybridized carbons (Fsp3) is 0.571. The topological polar surface area (TPSA) is 48.3 Å². The maximum Gasteiger partial charge on any atom is 0.160 e. The molecule has 0 radical (unpaired) electrons. The fourth-order valence-electron chi connectivity index (χ4n) is 5.06. The molecular formula is C21H29N3O2. The van der Waals surface area contributed by atoms with Gasteiger partial charge in [0.15, 0.2) is 11.5 Å². The van der Waals surface area contributed by atoms with Crippen LogP contribution in [0.3, 0.4) is 0 Å². The van der Waals surface area contributed by atoms with E-state index in [2.05, 4.69) is 28.7 Å². The zero-order chi connectivity index (χ0) is 18.1. The van der Waals surface area contributed by atoms with Gasteiger partial charge in [-0.3, -0.25) is 4.68 Å². The SMILES string of the molecule is COc1ccc([C@H]2[C@@H]3CCCC[C@H]3[C@@H]2NCc2cnn(C)c2)cc1OC. The molecule has 0 spiro atoms. The highest BCUT2D eigenvalue weighted by Gasteiger charge is 2.51. The summed E-state index contributed by atoms with van der Waals surface area (Å²) >= 11 is 0. The Kier molecular flexibility index (Phi) is 4.90. The molecule has 1 N–H and O–H groups in total. The van der Waals surface area contributed by atoms with E-state index in [9.17, 15) is 0 Å². The molecule has 2 aromatic rings. The Hall–Kier alpha value is -2.01. The summed E-state index contributed by atoms with van der Waals surface area (Å²) in [6.07, 6.45) is 9.46. The lowest BCUT2D eigenvalue weighted by Gasteiger charge is -2.55. The van der Waals surface area contributed by atoms with Gasteiger partial charge < -0.3 is 14.8 Å². The van der Waals surface area contributed by atoms with Crippen molar-refractivity contribution >= 4 is 0 Å². The van der Waals surface area contributed by atoms with Crippen LogP contribution in [0.5, 0.6) is 11.5 Å². The van der Waals surface area contributed by atoms with E-state index in [1.54, 1.807) is 14.2 Å². The number of aromatic nitrogens is 2. The largest absolute Gasteiger partial charge is 0.493 e. The highest BCUT2D eigenvalue weighted by atomic mass is 16.5. The molecule has 4 atom stereocenters. The van der Waals surface area contributed by atoms with Crippen molar-refractivity contribution < 1.29 is 9.47 Å². The van der Waals surface area contributed by atoms with Crippen molar-refractivity contribution in [2.24, 2.45) is 18.9 Å². The number of benzene rings is 1. The quantitative estimate of drug-likeness (QED) is 0.862. The molecular weight excluding hydrogens is 326 g/mol. The van der Waals surface area contributed by atoms with Crippen LogP contribution in [0, 0.1) is 11.8 Å². The van der Waals surface area contributed by atoms with E-state index in [0.717, 1.165) is 29.9 Å². The zero-order valence-electron chi connectivity index (χ0n) is 15.9. The van der Waals surface area contributed by atoms with Crippen LogP contribution >= 0.6 is 0 Å². The summed E-state index contributed by atoms with van der Waals surface area (Å²) in [5.41, 5.74) is 2.62. The summed E-state index contributed by atoms with van der Waals surface area (Å²) < 4.78 is 12.8. The number of aryl methyl sites for hydroxylation is 1. The molecule has 0 bridgehead atoms. The minimum Gasteiger partial charge on any atom is -0.493 e. The van der Waals surface area contributed by atoms with Crippen LogP contribution in [0.4, 0.5) is 0 Å². The first-order valence-electron chi connectivity index (χ1n) is 9.64. The van der Waals surface area contributed by atoms with Gasteiger partial charge in [0, 0.05) is 37.3 Å². The minimum absolute atomic E-state index is 0.526. The van der Waals surface area contributed by atoms with E-state index in [-0.39, 0.29) is 0 Å². The smallest absolute Gasteiger partial charge is 0.160 e. The van der Waals surface area contributed by atoms with Gasteiger partial charge in [-0.15, -0.1) is 0 Å². The maximum atomic E-state index is 5.54. The average molecular weight is 355 g/mol. The van der Waals surface area contributed by atoms with E-state index in [1.165, 1.54) is 36.8 Å². The summed E-state index contributed by atoms with van der Waals surface area (Å²) in [7, 11) is 5.37. The van der Waals surface area contributed by atoms with Crippen molar-refractivity contribution in [3.8, 4) is 11.5 Å². The van der Waals surface area contributed by atoms with Crippen LogP contribution < -0.4 is 14.8 Å². The van der Waals surface area contributed by atoms with Crippen molar-refractivity contribution in [3.63, 3.8) is 0 Å². The average Bonchev–Trinajstić information content (AvgIpc) is 3.07. The van der Waals surface area contributed by atoms with Gasteiger partial charge in [0.2, 0.25) is 0 Å². The summed E-state index contributed by atoms with van der Waals surface area (Å²) in [6.45, 7) is 0.880. The number of hydrogen-bond acceptors (Lipinski definition) is 4. The van der Waals surface area contributed by atoms with Crippen molar-refractivity contribution in [1.82, 2.24) is 15.1 Å². The summed E-state index contributed by atoms with van der Waals surface area (Å²) in [4.78, 5) is 0.